The molecule has 0 aliphatic heterocycles. The molecule has 1 heterocycles. The van der Waals surface area contributed by atoms with Gasteiger partial charge >= 0.3 is 0 Å². The van der Waals surface area contributed by atoms with E-state index in [1.165, 1.54) is 0 Å². The van der Waals surface area contributed by atoms with Crippen LogP contribution in [0.15, 0.2) is 67.0 Å². The number of hydrogen-bond acceptors (Lipinski definition) is 5. The molecule has 0 spiro atoms. The first-order valence-corrected chi connectivity index (χ1v) is 9.76. The molecule has 0 atom stereocenters. The van der Waals surface area contributed by atoms with Crippen LogP contribution in [0.25, 0.3) is 11.1 Å². The second-order valence-corrected chi connectivity index (χ2v) is 7.01. The molecule has 30 heavy (non-hydrogen) atoms. The maximum Gasteiger partial charge on any atom is 0.160 e. The minimum absolute atomic E-state index is 0. The third kappa shape index (κ3) is 6.05. The molecule has 0 bridgehead atoms. The van der Waals surface area contributed by atoms with Gasteiger partial charge < -0.3 is 14.7 Å². The van der Waals surface area contributed by atoms with Crippen LogP contribution in [0, 0.1) is 0 Å². The second-order valence-electron chi connectivity index (χ2n) is 7.01. The molecule has 3 rings (SSSR count). The highest BCUT2D eigenvalue weighted by molar-refractivity contribution is 5.96. The second kappa shape index (κ2) is 11.3. The van der Waals surface area contributed by atoms with Crippen LogP contribution in [0.2, 0.25) is 0 Å². The van der Waals surface area contributed by atoms with Gasteiger partial charge in [-0.2, -0.15) is 0 Å². The highest BCUT2D eigenvalue weighted by Gasteiger charge is 2.15. The van der Waals surface area contributed by atoms with Crippen LogP contribution in [0.1, 0.15) is 30.3 Å². The summed E-state index contributed by atoms with van der Waals surface area (Å²) >= 11 is 0. The summed E-state index contributed by atoms with van der Waals surface area (Å²) in [6.45, 7) is 3.54. The van der Waals surface area contributed by atoms with Crippen molar-refractivity contribution in [3.63, 3.8) is 0 Å². The van der Waals surface area contributed by atoms with Crippen LogP contribution in [0.5, 0.6) is 11.5 Å². The van der Waals surface area contributed by atoms with E-state index < -0.39 is 0 Å². The largest absolute Gasteiger partial charge is 0.508 e. The molecular weight excluding hydrogens is 398 g/mol. The molecular formula is C24H28ClN3O2. The first-order chi connectivity index (χ1) is 14.1. The zero-order chi connectivity index (χ0) is 20.6. The summed E-state index contributed by atoms with van der Waals surface area (Å²) in [7, 11) is 4.01. The molecule has 0 aliphatic carbocycles. The molecule has 0 saturated heterocycles. The van der Waals surface area contributed by atoms with Gasteiger partial charge in [0.25, 0.3) is 0 Å². The van der Waals surface area contributed by atoms with Gasteiger partial charge in [-0.1, -0.05) is 49.4 Å². The van der Waals surface area contributed by atoms with Crippen molar-refractivity contribution >= 4 is 23.6 Å². The molecule has 1 aromatic heterocycles. The summed E-state index contributed by atoms with van der Waals surface area (Å²) < 4.78 is 5.73. The fourth-order valence-corrected chi connectivity index (χ4v) is 3.10. The number of nitrogens with zero attached hydrogens (tertiary/aromatic N) is 3. The molecule has 0 aliphatic rings. The Labute approximate surface area is 184 Å². The fraction of sp³-hybridized carbons (Fsp3) is 0.250. The predicted octanol–water partition coefficient (Wildman–Crippen LogP) is 4.91. The molecule has 0 radical (unpaired) electrons. The van der Waals surface area contributed by atoms with Crippen molar-refractivity contribution in [3.05, 3.63) is 83.9 Å². The van der Waals surface area contributed by atoms with Gasteiger partial charge in [-0.15, -0.1) is 12.4 Å². The van der Waals surface area contributed by atoms with Crippen LogP contribution in [-0.2, 0) is 0 Å². The van der Waals surface area contributed by atoms with E-state index in [2.05, 4.69) is 33.9 Å². The third-order valence-electron chi connectivity index (χ3n) is 4.59. The summed E-state index contributed by atoms with van der Waals surface area (Å²) in [5, 5.41) is 9.71. The van der Waals surface area contributed by atoms with Gasteiger partial charge in [-0.25, -0.2) is 9.97 Å². The Bertz CT molecular complexity index is 940. The van der Waals surface area contributed by atoms with Crippen LogP contribution in [-0.4, -0.2) is 47.2 Å². The van der Waals surface area contributed by atoms with E-state index in [-0.39, 0.29) is 18.2 Å². The number of phenolic OH excluding ortho intramolecular Hbond substituents is 1. The Balaban J connectivity index is 0.00000320. The van der Waals surface area contributed by atoms with Crippen molar-refractivity contribution in [2.45, 2.75) is 13.3 Å². The Morgan fingerprint density at radius 3 is 2.13 bits per heavy atom. The van der Waals surface area contributed by atoms with Gasteiger partial charge in [0.05, 0.1) is 12.4 Å². The molecule has 3 aromatic rings. The number of ether oxygens (including phenoxy) is 1. The van der Waals surface area contributed by atoms with E-state index in [0.29, 0.717) is 18.2 Å². The molecule has 5 nitrogen and oxygen atoms in total. The van der Waals surface area contributed by atoms with Crippen molar-refractivity contribution in [3.8, 4) is 11.5 Å². The number of likely N-dealkylation sites (N-methyl/N-ethyl adjacent to an activating group) is 1. The highest BCUT2D eigenvalue weighted by Crippen LogP contribution is 2.33. The van der Waals surface area contributed by atoms with E-state index >= 15 is 0 Å². The summed E-state index contributed by atoms with van der Waals surface area (Å²) in [4.78, 5) is 11.3. The summed E-state index contributed by atoms with van der Waals surface area (Å²) in [6, 6.07) is 17.4. The van der Waals surface area contributed by atoms with E-state index in [9.17, 15) is 5.11 Å². The van der Waals surface area contributed by atoms with Crippen LogP contribution in [0.4, 0.5) is 0 Å². The lowest BCUT2D eigenvalue weighted by atomic mass is 9.92. The van der Waals surface area contributed by atoms with Gasteiger partial charge in [0.2, 0.25) is 0 Å². The maximum absolute atomic E-state index is 9.71. The lowest BCUT2D eigenvalue weighted by Crippen LogP contribution is -2.19. The third-order valence-corrected chi connectivity index (χ3v) is 4.59. The van der Waals surface area contributed by atoms with E-state index in [1.807, 2.05) is 44.4 Å². The number of allylic oxidation sites excluding steroid dienone is 1. The Kier molecular flexibility index (Phi) is 8.84. The quantitative estimate of drug-likeness (QED) is 0.519. The number of halogens is 1. The van der Waals surface area contributed by atoms with Crippen LogP contribution >= 0.6 is 12.4 Å². The number of rotatable bonds is 8. The normalized spacial score (nSPS) is 11.6. The summed E-state index contributed by atoms with van der Waals surface area (Å²) in [5.74, 6) is 1.52. The van der Waals surface area contributed by atoms with Gasteiger partial charge in [0.1, 0.15) is 12.4 Å². The topological polar surface area (TPSA) is 58.5 Å². The van der Waals surface area contributed by atoms with Crippen molar-refractivity contribution < 1.29 is 9.84 Å². The van der Waals surface area contributed by atoms with Crippen molar-refractivity contribution in [2.75, 3.05) is 27.2 Å². The van der Waals surface area contributed by atoms with Crippen molar-refractivity contribution in [1.29, 1.82) is 0 Å². The fourth-order valence-electron chi connectivity index (χ4n) is 3.10. The van der Waals surface area contributed by atoms with Crippen LogP contribution in [0.3, 0.4) is 0 Å². The zero-order valence-corrected chi connectivity index (χ0v) is 18.4. The standard InChI is InChI=1S/C24H27N3O2.ClH/c1-4-22(18-8-6-5-7-9-18)23(19-10-12-20(28)13-11-19)24-25-16-21(17-26-24)29-15-14-27(2)3;/h5-13,16-17,28H,4,14-15H2,1-3H3;1H/b23-22-;. The number of benzene rings is 2. The predicted molar refractivity (Wildman–Crippen MR) is 124 cm³/mol. The van der Waals surface area contributed by atoms with E-state index in [0.717, 1.165) is 35.2 Å². The van der Waals surface area contributed by atoms with Gasteiger partial charge in [-0.3, -0.25) is 0 Å². The van der Waals surface area contributed by atoms with Crippen LogP contribution < -0.4 is 4.74 Å². The molecule has 6 heteroatoms. The van der Waals surface area contributed by atoms with E-state index in [4.69, 9.17) is 4.74 Å². The van der Waals surface area contributed by atoms with Gasteiger partial charge in [0, 0.05) is 12.1 Å². The minimum atomic E-state index is 0. The highest BCUT2D eigenvalue weighted by atomic mass is 35.5. The van der Waals surface area contributed by atoms with Gasteiger partial charge in [0.15, 0.2) is 11.6 Å². The number of aromatic nitrogens is 2. The molecule has 158 valence electrons. The summed E-state index contributed by atoms with van der Waals surface area (Å²) in [5.41, 5.74) is 4.20. The zero-order valence-electron chi connectivity index (χ0n) is 17.6. The number of aromatic hydroxyl groups is 1. The lowest BCUT2D eigenvalue weighted by Gasteiger charge is -2.15. The molecule has 1 N–H and O–H groups in total. The minimum Gasteiger partial charge on any atom is -0.508 e. The average Bonchev–Trinajstić information content (AvgIpc) is 2.74. The lowest BCUT2D eigenvalue weighted by molar-refractivity contribution is 0.260. The number of hydrogen-bond donors (Lipinski definition) is 1. The van der Waals surface area contributed by atoms with Crippen molar-refractivity contribution in [1.82, 2.24) is 14.9 Å². The SMILES string of the molecule is CC/C(=C(\c1ccc(O)cc1)c1ncc(OCCN(C)C)cn1)c1ccccc1.Cl. The molecule has 2 aromatic carbocycles. The molecule has 0 saturated carbocycles. The Hall–Kier alpha value is -2.89. The average molecular weight is 426 g/mol. The molecule has 0 fully saturated rings. The Morgan fingerprint density at radius 1 is 0.933 bits per heavy atom. The maximum atomic E-state index is 9.71. The Morgan fingerprint density at radius 2 is 1.57 bits per heavy atom. The molecule has 0 amide bonds. The first-order valence-electron chi connectivity index (χ1n) is 9.76. The van der Waals surface area contributed by atoms with E-state index in [1.54, 1.807) is 24.5 Å². The monoisotopic (exact) mass is 425 g/mol. The van der Waals surface area contributed by atoms with Gasteiger partial charge in [-0.05, 0) is 49.3 Å². The first kappa shape index (κ1) is 23.4. The van der Waals surface area contributed by atoms with Crippen molar-refractivity contribution in [2.24, 2.45) is 0 Å². The summed E-state index contributed by atoms with van der Waals surface area (Å²) in [6.07, 6.45) is 4.26. The smallest absolute Gasteiger partial charge is 0.160 e. The molecule has 0 unspecified atom stereocenters. The number of phenols is 1.